The molecule has 0 bridgehead atoms. The first kappa shape index (κ1) is 17.2. The molecule has 1 fully saturated rings. The Morgan fingerprint density at radius 3 is 2.37 bits per heavy atom. The minimum atomic E-state index is -0.883. The summed E-state index contributed by atoms with van der Waals surface area (Å²) < 4.78 is 17.0. The molecule has 1 saturated heterocycles. The highest BCUT2D eigenvalue weighted by Crippen LogP contribution is 2.40. The summed E-state index contributed by atoms with van der Waals surface area (Å²) in [5.41, 5.74) is 0.426. The fourth-order valence-corrected chi connectivity index (χ4v) is 3.38. The molecule has 27 heavy (non-hydrogen) atoms. The zero-order valence-electron chi connectivity index (χ0n) is 15.1. The number of rotatable bonds is 5. The van der Waals surface area contributed by atoms with Crippen LogP contribution in [0.2, 0.25) is 0 Å². The Morgan fingerprint density at radius 1 is 1.00 bits per heavy atom. The van der Waals surface area contributed by atoms with Gasteiger partial charge in [0.05, 0.1) is 7.11 Å². The predicted molar refractivity (Wildman–Crippen MR) is 104 cm³/mol. The van der Waals surface area contributed by atoms with Crippen molar-refractivity contribution < 1.29 is 19.0 Å². The first-order chi connectivity index (χ1) is 13.1. The molecule has 1 unspecified atom stereocenters. The van der Waals surface area contributed by atoms with Crippen LogP contribution in [-0.2, 0) is 15.1 Å². The molecule has 0 radical (unpaired) electrons. The van der Waals surface area contributed by atoms with Crippen LogP contribution in [0.3, 0.4) is 0 Å². The van der Waals surface area contributed by atoms with Crippen molar-refractivity contribution in [2.24, 2.45) is 0 Å². The van der Waals surface area contributed by atoms with Crippen molar-refractivity contribution in [3.63, 3.8) is 0 Å². The molecular weight excluding hydrogens is 340 g/mol. The Morgan fingerprint density at radius 2 is 1.70 bits per heavy atom. The third-order valence-corrected chi connectivity index (χ3v) is 4.88. The first-order valence-electron chi connectivity index (χ1n) is 8.77. The summed E-state index contributed by atoms with van der Waals surface area (Å²) in [4.78, 5) is 12.1. The molecule has 1 aliphatic heterocycles. The van der Waals surface area contributed by atoms with Gasteiger partial charge in [0.15, 0.2) is 5.60 Å². The number of hydrogen-bond acceptors (Lipinski definition) is 4. The minimum absolute atomic E-state index is 0.211. The average molecular weight is 360 g/mol. The third-order valence-electron chi connectivity index (χ3n) is 4.88. The number of carbonyl (C=O) groups is 1. The van der Waals surface area contributed by atoms with Gasteiger partial charge in [-0.05, 0) is 40.6 Å². The van der Waals surface area contributed by atoms with Gasteiger partial charge in [-0.3, -0.25) is 0 Å². The standard InChI is InChI=1S/C23H20O4/c1-16-14-23(27-22(16)24,19-8-11-20(25-2)12-9-19)15-26-21-10-7-17-5-3-4-6-18(17)13-21/h3-13H,1,14-15H2,2H3. The monoisotopic (exact) mass is 360 g/mol. The SMILES string of the molecule is C=C1CC(COc2ccc3ccccc3c2)(c2ccc(OC)cc2)OC1=O. The van der Waals surface area contributed by atoms with E-state index in [0.717, 1.165) is 27.8 Å². The lowest BCUT2D eigenvalue weighted by molar-refractivity contribution is -0.150. The predicted octanol–water partition coefficient (Wildman–Crippen LogP) is 4.63. The zero-order valence-corrected chi connectivity index (χ0v) is 15.1. The van der Waals surface area contributed by atoms with Crippen LogP contribution in [0.1, 0.15) is 12.0 Å². The molecule has 1 heterocycles. The molecule has 0 N–H and O–H groups in total. The summed E-state index contributed by atoms with van der Waals surface area (Å²) in [5.74, 6) is 1.09. The van der Waals surface area contributed by atoms with E-state index < -0.39 is 5.60 Å². The normalized spacial score (nSPS) is 19.1. The maximum atomic E-state index is 12.1. The van der Waals surface area contributed by atoms with E-state index in [0.29, 0.717) is 12.0 Å². The highest BCUT2D eigenvalue weighted by atomic mass is 16.6. The molecular formula is C23H20O4. The molecule has 0 spiro atoms. The minimum Gasteiger partial charge on any atom is -0.497 e. The molecule has 3 aromatic carbocycles. The van der Waals surface area contributed by atoms with Crippen LogP contribution < -0.4 is 9.47 Å². The lowest BCUT2D eigenvalue weighted by Crippen LogP contribution is -2.33. The quantitative estimate of drug-likeness (QED) is 0.492. The first-order valence-corrected chi connectivity index (χ1v) is 8.77. The van der Waals surface area contributed by atoms with Crippen molar-refractivity contribution in [1.82, 2.24) is 0 Å². The molecule has 4 nitrogen and oxygen atoms in total. The molecule has 1 aliphatic rings. The van der Waals surface area contributed by atoms with Crippen LogP contribution in [-0.4, -0.2) is 19.7 Å². The van der Waals surface area contributed by atoms with Gasteiger partial charge >= 0.3 is 5.97 Å². The van der Waals surface area contributed by atoms with Gasteiger partial charge in [-0.2, -0.15) is 0 Å². The number of methoxy groups -OCH3 is 1. The summed E-state index contributed by atoms with van der Waals surface area (Å²) in [7, 11) is 1.62. The third kappa shape index (κ3) is 3.26. The van der Waals surface area contributed by atoms with E-state index in [-0.39, 0.29) is 12.6 Å². The van der Waals surface area contributed by atoms with E-state index >= 15 is 0 Å². The molecule has 1 atom stereocenters. The Bertz CT molecular complexity index is 988. The summed E-state index contributed by atoms with van der Waals surface area (Å²) in [6.07, 6.45) is 0.395. The van der Waals surface area contributed by atoms with E-state index in [1.54, 1.807) is 7.11 Å². The van der Waals surface area contributed by atoms with Gasteiger partial charge in [0.1, 0.15) is 18.1 Å². The lowest BCUT2D eigenvalue weighted by atomic mass is 9.90. The van der Waals surface area contributed by atoms with E-state index in [9.17, 15) is 4.79 Å². The summed E-state index contributed by atoms with van der Waals surface area (Å²) in [5, 5.41) is 2.25. The molecule has 0 aromatic heterocycles. The van der Waals surface area contributed by atoms with Crippen LogP contribution in [0.4, 0.5) is 0 Å². The second kappa shape index (κ2) is 6.80. The Labute approximate surface area is 158 Å². The van der Waals surface area contributed by atoms with Gasteiger partial charge in [-0.1, -0.05) is 49.0 Å². The topological polar surface area (TPSA) is 44.8 Å². The lowest BCUT2D eigenvalue weighted by Gasteiger charge is -2.28. The van der Waals surface area contributed by atoms with Crippen LogP contribution in [0.15, 0.2) is 78.9 Å². The summed E-state index contributed by atoms with van der Waals surface area (Å²) in [6, 6.07) is 21.5. The molecule has 0 aliphatic carbocycles. The number of fused-ring (bicyclic) bond motifs is 1. The molecule has 4 rings (SSSR count). The van der Waals surface area contributed by atoms with E-state index in [1.807, 2.05) is 60.7 Å². The molecule has 0 saturated carbocycles. The van der Waals surface area contributed by atoms with Crippen LogP contribution in [0, 0.1) is 0 Å². The van der Waals surface area contributed by atoms with Gasteiger partial charge in [-0.15, -0.1) is 0 Å². The number of cyclic esters (lactones) is 1. The molecule has 4 heteroatoms. The largest absolute Gasteiger partial charge is 0.497 e. The highest BCUT2D eigenvalue weighted by molar-refractivity contribution is 5.90. The van der Waals surface area contributed by atoms with E-state index in [1.165, 1.54) is 0 Å². The van der Waals surface area contributed by atoms with Gasteiger partial charge < -0.3 is 14.2 Å². The maximum Gasteiger partial charge on any atom is 0.334 e. The van der Waals surface area contributed by atoms with Gasteiger partial charge in [-0.25, -0.2) is 4.79 Å². The van der Waals surface area contributed by atoms with Gasteiger partial charge in [0.2, 0.25) is 0 Å². The molecule has 136 valence electrons. The highest BCUT2D eigenvalue weighted by Gasteiger charge is 2.45. The fraction of sp³-hybridized carbons (Fsp3) is 0.174. The number of carbonyl (C=O) groups excluding carboxylic acids is 1. The van der Waals surface area contributed by atoms with Gasteiger partial charge in [0.25, 0.3) is 0 Å². The average Bonchev–Trinajstić information content (AvgIpc) is 3.01. The Kier molecular flexibility index (Phi) is 4.32. The molecule has 3 aromatic rings. The van der Waals surface area contributed by atoms with E-state index in [2.05, 4.69) is 12.6 Å². The smallest absolute Gasteiger partial charge is 0.334 e. The maximum absolute atomic E-state index is 12.1. The van der Waals surface area contributed by atoms with Crippen LogP contribution >= 0.6 is 0 Å². The Balaban J connectivity index is 1.62. The summed E-state index contributed by atoms with van der Waals surface area (Å²) in [6.45, 7) is 4.04. The Hall–Kier alpha value is -3.27. The number of esters is 1. The van der Waals surface area contributed by atoms with Crippen molar-refractivity contribution in [2.45, 2.75) is 12.0 Å². The summed E-state index contributed by atoms with van der Waals surface area (Å²) >= 11 is 0. The fourth-order valence-electron chi connectivity index (χ4n) is 3.38. The van der Waals surface area contributed by atoms with Crippen molar-refractivity contribution in [1.29, 1.82) is 0 Å². The van der Waals surface area contributed by atoms with Crippen molar-refractivity contribution in [3.8, 4) is 11.5 Å². The van der Waals surface area contributed by atoms with Crippen LogP contribution in [0.5, 0.6) is 11.5 Å². The molecule has 0 amide bonds. The second-order valence-electron chi connectivity index (χ2n) is 6.69. The number of ether oxygens (including phenoxy) is 3. The van der Waals surface area contributed by atoms with Gasteiger partial charge in [0, 0.05) is 12.0 Å². The zero-order chi connectivity index (χ0) is 18.9. The van der Waals surface area contributed by atoms with E-state index in [4.69, 9.17) is 14.2 Å². The number of hydrogen-bond donors (Lipinski definition) is 0. The second-order valence-corrected chi connectivity index (χ2v) is 6.69. The van der Waals surface area contributed by atoms with Crippen molar-refractivity contribution in [3.05, 3.63) is 84.4 Å². The van der Waals surface area contributed by atoms with Crippen molar-refractivity contribution in [2.75, 3.05) is 13.7 Å². The van der Waals surface area contributed by atoms with Crippen molar-refractivity contribution >= 4 is 16.7 Å². The van der Waals surface area contributed by atoms with Crippen LogP contribution in [0.25, 0.3) is 10.8 Å². The number of benzene rings is 3.